The van der Waals surface area contributed by atoms with E-state index < -0.39 is 123 Å². The van der Waals surface area contributed by atoms with Crippen LogP contribution in [-0.2, 0) is 77.9 Å². The first-order valence-electron chi connectivity index (χ1n) is 16.6. The number of aliphatic hydroxyl groups is 2. The largest absolute Gasteiger partial charge is 0.465 e. The number of nitrogens with one attached hydrogen (secondary N) is 2. The summed E-state index contributed by atoms with van der Waals surface area (Å²) in [4.78, 5) is 88.7. The Morgan fingerprint density at radius 2 is 1.58 bits per heavy atom. The topological polar surface area (TPSA) is 258 Å². The lowest BCUT2D eigenvalue weighted by molar-refractivity contribution is -0.318. The van der Waals surface area contributed by atoms with E-state index in [0.717, 1.165) is 34.8 Å². The third-order valence-corrected chi connectivity index (χ3v) is 7.84. The first-order chi connectivity index (χ1) is 25.9. The number of methoxy groups -OCH3 is 1. The Bertz CT molecular complexity index is 1550. The molecule has 1 aromatic carbocycles. The van der Waals surface area contributed by atoms with Crippen molar-refractivity contribution in [2.75, 3.05) is 40.1 Å². The maximum absolute atomic E-state index is 13.6. The minimum Gasteiger partial charge on any atom is -0.465 e. The van der Waals surface area contributed by atoms with Gasteiger partial charge in [-0.3, -0.25) is 28.8 Å². The van der Waals surface area contributed by atoms with Crippen LogP contribution in [0, 0.1) is 12.3 Å². The van der Waals surface area contributed by atoms with Crippen LogP contribution in [-0.4, -0.2) is 140 Å². The summed E-state index contributed by atoms with van der Waals surface area (Å²) in [5, 5.41) is 26.5. The molecule has 8 atom stereocenters. The third-order valence-electron chi connectivity index (χ3n) is 7.59. The summed E-state index contributed by atoms with van der Waals surface area (Å²) in [6.45, 7) is 1.13. The van der Waals surface area contributed by atoms with Crippen molar-refractivity contribution in [1.82, 2.24) is 10.6 Å². The van der Waals surface area contributed by atoms with Crippen molar-refractivity contribution >= 4 is 53.3 Å². The van der Waals surface area contributed by atoms with Gasteiger partial charge >= 0.3 is 29.8 Å². The number of benzene rings is 1. The Labute approximate surface area is 321 Å². The molecule has 0 spiro atoms. The van der Waals surface area contributed by atoms with Gasteiger partial charge in [0, 0.05) is 32.7 Å². The van der Waals surface area contributed by atoms with Crippen LogP contribution in [0.5, 0.6) is 0 Å². The predicted octanol–water partition coefficient (Wildman–Crippen LogP) is -1.11. The molecule has 0 aromatic heterocycles. The lowest BCUT2D eigenvalue weighted by atomic mass is 9.87. The third kappa shape index (κ3) is 15.4. The van der Waals surface area contributed by atoms with Gasteiger partial charge in [0.1, 0.15) is 31.0 Å². The smallest absolute Gasteiger partial charge is 0.366 e. The zero-order chi connectivity index (χ0) is 41.3. The van der Waals surface area contributed by atoms with Gasteiger partial charge in [-0.1, -0.05) is 29.7 Å². The molecule has 2 rings (SSSR count). The Hall–Kier alpha value is -4.84. The molecule has 55 heavy (non-hydrogen) atoms. The van der Waals surface area contributed by atoms with Crippen LogP contribution >= 0.6 is 11.6 Å². The summed E-state index contributed by atoms with van der Waals surface area (Å²) in [5.41, 5.74) is 0.563. The summed E-state index contributed by atoms with van der Waals surface area (Å²) in [7, 11) is 0.944. The zero-order valence-corrected chi connectivity index (χ0v) is 31.5. The van der Waals surface area contributed by atoms with Crippen LogP contribution in [0.25, 0.3) is 0 Å². The molecular formula is C35H45ClN2O17. The first kappa shape index (κ1) is 46.3. The molecule has 1 saturated heterocycles. The maximum Gasteiger partial charge on any atom is 0.366 e. The van der Waals surface area contributed by atoms with E-state index in [1.54, 1.807) is 24.3 Å². The van der Waals surface area contributed by atoms with Gasteiger partial charge in [0.2, 0.25) is 5.91 Å². The second-order valence-electron chi connectivity index (χ2n) is 12.0. The fourth-order valence-electron chi connectivity index (χ4n) is 5.28. The number of rotatable bonds is 20. The second-order valence-corrected chi connectivity index (χ2v) is 12.5. The van der Waals surface area contributed by atoms with E-state index in [2.05, 4.69) is 16.6 Å². The normalized spacial score (nSPS) is 21.3. The number of hydrogen-bond acceptors (Lipinski definition) is 17. The van der Waals surface area contributed by atoms with Crippen molar-refractivity contribution < 1.29 is 81.7 Å². The second kappa shape index (κ2) is 22.5. The molecule has 0 saturated carbocycles. The number of carbonyl (C=O) groups is 7. The number of amides is 2. The Morgan fingerprint density at radius 3 is 2.15 bits per heavy atom. The summed E-state index contributed by atoms with van der Waals surface area (Å²) in [6, 6.07) is 4.75. The average Bonchev–Trinajstić information content (AvgIpc) is 3.11. The Morgan fingerprint density at radius 1 is 0.945 bits per heavy atom. The molecule has 4 N–H and O–H groups in total. The van der Waals surface area contributed by atoms with Gasteiger partial charge in [-0.15, -0.1) is 6.42 Å². The van der Waals surface area contributed by atoms with E-state index in [1.165, 1.54) is 0 Å². The van der Waals surface area contributed by atoms with Crippen LogP contribution in [0.4, 0.5) is 0 Å². The van der Waals surface area contributed by atoms with Gasteiger partial charge in [-0.05, 0) is 17.7 Å². The van der Waals surface area contributed by atoms with Crippen molar-refractivity contribution in [3.8, 4) is 12.3 Å². The monoisotopic (exact) mass is 800 g/mol. The summed E-state index contributed by atoms with van der Waals surface area (Å²) < 4.78 is 43.3. The van der Waals surface area contributed by atoms with E-state index in [0.29, 0.717) is 10.6 Å². The molecule has 0 bridgehead atoms. The van der Waals surface area contributed by atoms with Gasteiger partial charge in [-0.25, -0.2) is 4.79 Å². The molecule has 304 valence electrons. The highest BCUT2D eigenvalue weighted by Crippen LogP contribution is 2.37. The van der Waals surface area contributed by atoms with E-state index in [4.69, 9.17) is 55.9 Å². The number of aliphatic hydroxyl groups excluding tert-OH is 2. The fourth-order valence-corrected chi connectivity index (χ4v) is 5.41. The highest BCUT2D eigenvalue weighted by molar-refractivity contribution is 6.30. The number of carbonyl (C=O) groups excluding carboxylic acids is 7. The summed E-state index contributed by atoms with van der Waals surface area (Å²) in [6.07, 6.45) is -6.12. The molecule has 0 unspecified atom stereocenters. The maximum atomic E-state index is 13.6. The highest BCUT2D eigenvalue weighted by atomic mass is 35.5. The van der Waals surface area contributed by atoms with E-state index >= 15 is 0 Å². The molecule has 1 heterocycles. The molecule has 1 aliphatic heterocycles. The van der Waals surface area contributed by atoms with Crippen molar-refractivity contribution in [2.24, 2.45) is 0 Å². The van der Waals surface area contributed by atoms with Crippen molar-refractivity contribution in [1.29, 1.82) is 0 Å². The number of ether oxygens (including phenoxy) is 8. The highest BCUT2D eigenvalue weighted by Gasteiger charge is 2.59. The SMILES string of the molecule is C#CCOC[C@H](O)[C@@H](O)CO[C@]1(C(=O)OC)C[C@H](OC(C)=O)[C@@H](NC(=O)COC(C)=O)[C@H]([C@H](OC(C)=O)[C@@H](CNC(=O)Cc2ccc(Cl)cc2)OC(C)=O)O1. The molecule has 0 radical (unpaired) electrons. The van der Waals surface area contributed by atoms with Crippen LogP contribution in [0.15, 0.2) is 24.3 Å². The van der Waals surface area contributed by atoms with Crippen molar-refractivity contribution in [2.45, 2.75) is 89.0 Å². The minimum atomic E-state index is -2.66. The van der Waals surface area contributed by atoms with E-state index in [9.17, 15) is 43.8 Å². The van der Waals surface area contributed by atoms with Crippen LogP contribution in [0.3, 0.4) is 0 Å². The average molecular weight is 801 g/mol. The van der Waals surface area contributed by atoms with Gasteiger partial charge in [0.15, 0.2) is 18.8 Å². The van der Waals surface area contributed by atoms with Crippen molar-refractivity contribution in [3.05, 3.63) is 34.9 Å². The quantitative estimate of drug-likeness (QED) is 0.0528. The lowest BCUT2D eigenvalue weighted by Gasteiger charge is -2.48. The number of terminal acetylenes is 1. The fraction of sp³-hybridized carbons (Fsp3) is 0.571. The number of esters is 5. The van der Waals surface area contributed by atoms with Crippen LogP contribution in [0.2, 0.25) is 5.02 Å². The van der Waals surface area contributed by atoms with Gasteiger partial charge in [0.25, 0.3) is 11.7 Å². The predicted molar refractivity (Wildman–Crippen MR) is 185 cm³/mol. The summed E-state index contributed by atoms with van der Waals surface area (Å²) >= 11 is 5.93. The van der Waals surface area contributed by atoms with E-state index in [-0.39, 0.29) is 13.0 Å². The first-order valence-corrected chi connectivity index (χ1v) is 17.0. The molecule has 0 aliphatic carbocycles. The number of halogens is 1. The molecule has 20 heteroatoms. The summed E-state index contributed by atoms with van der Waals surface area (Å²) in [5.74, 6) is -7.03. The standard InChI is InChI=1S/C35H45ClN2O17/c1-7-12-49-16-25(43)26(44)17-51-35(34(47)48-6)14-27(52-20(3)40)31(38-30(46)18-50-19(2)39)33(55-35)32(54-22(5)42)28(53-21(4)41)15-37-29(45)13-23-8-10-24(36)11-9-23/h1,8-11,25-28,31-33,43-44H,12-18H2,2-6H3,(H,37,45)(H,38,46)/t25-,26-,27-,28+,31+,32+,33+,35+/m0/s1. The van der Waals surface area contributed by atoms with Gasteiger partial charge in [0.05, 0.1) is 45.8 Å². The molecule has 1 aromatic rings. The van der Waals surface area contributed by atoms with Gasteiger partial charge in [-0.2, -0.15) is 0 Å². The lowest BCUT2D eigenvalue weighted by Crippen LogP contribution is -2.70. The Balaban J connectivity index is 2.69. The van der Waals surface area contributed by atoms with E-state index in [1.807, 2.05) is 0 Å². The zero-order valence-electron chi connectivity index (χ0n) is 30.8. The minimum absolute atomic E-state index is 0.160. The molecule has 2 amide bonds. The van der Waals surface area contributed by atoms with Crippen molar-refractivity contribution in [3.63, 3.8) is 0 Å². The molecule has 1 aliphatic rings. The molecular weight excluding hydrogens is 756 g/mol. The number of hydrogen-bond donors (Lipinski definition) is 4. The Kier molecular flexibility index (Phi) is 19.0. The van der Waals surface area contributed by atoms with Crippen LogP contribution in [0.1, 0.15) is 39.7 Å². The van der Waals surface area contributed by atoms with Crippen LogP contribution < -0.4 is 10.6 Å². The molecule has 19 nitrogen and oxygen atoms in total. The molecule has 1 fully saturated rings. The van der Waals surface area contributed by atoms with Gasteiger partial charge < -0.3 is 58.7 Å².